The van der Waals surface area contributed by atoms with E-state index >= 15 is 0 Å². The number of nitrogens with zero attached hydrogens (tertiary/aromatic N) is 4. The third kappa shape index (κ3) is 1.97. The van der Waals surface area contributed by atoms with Gasteiger partial charge in [-0.25, -0.2) is 4.68 Å². The lowest BCUT2D eigenvalue weighted by molar-refractivity contribution is 0.498. The average molecular weight is 232 g/mol. The first-order valence-corrected chi connectivity index (χ1v) is 5.97. The van der Waals surface area contributed by atoms with Crippen molar-refractivity contribution >= 4 is 11.3 Å². The Morgan fingerprint density at radius 1 is 1.56 bits per heavy atom. The van der Waals surface area contributed by atoms with Crippen LogP contribution in [0.3, 0.4) is 0 Å². The van der Waals surface area contributed by atoms with Crippen LogP contribution in [0.25, 0.3) is 0 Å². The fraction of sp³-hybridized carbons (Fsp3) is 0.364. The van der Waals surface area contributed by atoms with E-state index in [2.05, 4.69) is 22.4 Å². The second kappa shape index (κ2) is 4.45. The molecule has 0 saturated carbocycles. The van der Waals surface area contributed by atoms with Gasteiger partial charge in [0.1, 0.15) is 6.07 Å². The van der Waals surface area contributed by atoms with E-state index in [1.165, 1.54) is 4.88 Å². The molecule has 0 aliphatic rings. The van der Waals surface area contributed by atoms with Gasteiger partial charge < -0.3 is 0 Å². The number of nitriles is 1. The molecule has 0 radical (unpaired) electrons. The van der Waals surface area contributed by atoms with Crippen molar-refractivity contribution in [2.45, 2.75) is 26.3 Å². The van der Waals surface area contributed by atoms with Crippen molar-refractivity contribution in [3.63, 3.8) is 0 Å². The number of thiophene rings is 1. The van der Waals surface area contributed by atoms with Crippen LogP contribution < -0.4 is 0 Å². The van der Waals surface area contributed by atoms with Gasteiger partial charge in [0, 0.05) is 17.3 Å². The van der Waals surface area contributed by atoms with Gasteiger partial charge in [-0.3, -0.25) is 0 Å². The Morgan fingerprint density at radius 3 is 2.94 bits per heavy atom. The first-order valence-electron chi connectivity index (χ1n) is 5.09. The Kier molecular flexibility index (Phi) is 3.02. The molecule has 2 heterocycles. The largest absolute Gasteiger partial charge is 0.245 e. The monoisotopic (exact) mass is 232 g/mol. The predicted octanol–water partition coefficient (Wildman–Crippen LogP) is 2.38. The fourth-order valence-corrected chi connectivity index (χ4v) is 2.27. The molecule has 0 aromatic carbocycles. The molecule has 0 N–H and O–H groups in total. The zero-order valence-electron chi connectivity index (χ0n) is 9.21. The second-order valence-corrected chi connectivity index (χ2v) is 4.82. The molecule has 0 saturated heterocycles. The van der Waals surface area contributed by atoms with E-state index in [1.54, 1.807) is 11.3 Å². The smallest absolute Gasteiger partial charge is 0.186 e. The van der Waals surface area contributed by atoms with Gasteiger partial charge in [0.2, 0.25) is 0 Å². The minimum Gasteiger partial charge on any atom is -0.245 e. The highest BCUT2D eigenvalue weighted by Crippen LogP contribution is 2.18. The van der Waals surface area contributed by atoms with Crippen molar-refractivity contribution in [2.75, 3.05) is 0 Å². The third-order valence-corrected chi connectivity index (χ3v) is 3.18. The van der Waals surface area contributed by atoms with Gasteiger partial charge in [0.05, 0.1) is 5.69 Å². The topological polar surface area (TPSA) is 54.5 Å². The summed E-state index contributed by atoms with van der Waals surface area (Å²) < 4.78 is 1.82. The van der Waals surface area contributed by atoms with E-state index in [0.29, 0.717) is 5.69 Å². The SMILES string of the molecule is CC(C)n1nnc(C#N)c1Cc1cccs1. The lowest BCUT2D eigenvalue weighted by Crippen LogP contribution is -2.08. The molecular formula is C11H12N4S. The normalized spacial score (nSPS) is 10.6. The molecular weight excluding hydrogens is 220 g/mol. The first-order chi connectivity index (χ1) is 7.72. The fourth-order valence-electron chi connectivity index (χ4n) is 1.56. The Hall–Kier alpha value is -1.67. The zero-order chi connectivity index (χ0) is 11.5. The van der Waals surface area contributed by atoms with E-state index in [9.17, 15) is 0 Å². The molecule has 16 heavy (non-hydrogen) atoms. The van der Waals surface area contributed by atoms with Crippen molar-refractivity contribution in [1.82, 2.24) is 15.0 Å². The molecule has 82 valence electrons. The van der Waals surface area contributed by atoms with Crippen LogP contribution in [-0.4, -0.2) is 15.0 Å². The van der Waals surface area contributed by atoms with Gasteiger partial charge in [-0.1, -0.05) is 11.3 Å². The number of aromatic nitrogens is 3. The molecule has 4 nitrogen and oxygen atoms in total. The Morgan fingerprint density at radius 2 is 2.38 bits per heavy atom. The lowest BCUT2D eigenvalue weighted by Gasteiger charge is -2.08. The highest BCUT2D eigenvalue weighted by Gasteiger charge is 2.15. The molecule has 0 fully saturated rings. The lowest BCUT2D eigenvalue weighted by atomic mass is 10.2. The van der Waals surface area contributed by atoms with Gasteiger partial charge in [-0.15, -0.1) is 16.4 Å². The summed E-state index contributed by atoms with van der Waals surface area (Å²) in [5.74, 6) is 0. The predicted molar refractivity (Wildman–Crippen MR) is 62.2 cm³/mol. The molecule has 0 atom stereocenters. The van der Waals surface area contributed by atoms with Crippen molar-refractivity contribution in [2.24, 2.45) is 0 Å². The van der Waals surface area contributed by atoms with E-state index in [4.69, 9.17) is 5.26 Å². The van der Waals surface area contributed by atoms with Gasteiger partial charge in [0.25, 0.3) is 0 Å². The quantitative estimate of drug-likeness (QED) is 0.816. The van der Waals surface area contributed by atoms with E-state index < -0.39 is 0 Å². The summed E-state index contributed by atoms with van der Waals surface area (Å²) in [6, 6.07) is 6.39. The Balaban J connectivity index is 2.38. The maximum absolute atomic E-state index is 8.98. The van der Waals surface area contributed by atoms with Crippen molar-refractivity contribution in [1.29, 1.82) is 5.26 Å². The highest BCUT2D eigenvalue weighted by molar-refractivity contribution is 7.09. The summed E-state index contributed by atoms with van der Waals surface area (Å²) >= 11 is 1.68. The van der Waals surface area contributed by atoms with Crippen LogP contribution in [0, 0.1) is 11.3 Å². The zero-order valence-corrected chi connectivity index (χ0v) is 10.0. The van der Waals surface area contributed by atoms with Crippen LogP contribution in [0.15, 0.2) is 17.5 Å². The molecule has 0 bridgehead atoms. The molecule has 2 rings (SSSR count). The average Bonchev–Trinajstić information content (AvgIpc) is 2.87. The summed E-state index contributed by atoms with van der Waals surface area (Å²) in [6.07, 6.45) is 0.728. The van der Waals surface area contributed by atoms with E-state index in [1.807, 2.05) is 30.0 Å². The van der Waals surface area contributed by atoms with Gasteiger partial charge in [0.15, 0.2) is 5.69 Å². The van der Waals surface area contributed by atoms with Crippen molar-refractivity contribution in [3.8, 4) is 6.07 Å². The van der Waals surface area contributed by atoms with Gasteiger partial charge in [-0.05, 0) is 25.3 Å². The summed E-state index contributed by atoms with van der Waals surface area (Å²) in [4.78, 5) is 1.22. The van der Waals surface area contributed by atoms with Crippen LogP contribution in [0.2, 0.25) is 0 Å². The molecule has 2 aromatic heterocycles. The molecule has 0 aliphatic heterocycles. The molecule has 0 unspecified atom stereocenters. The summed E-state index contributed by atoms with van der Waals surface area (Å²) in [5.41, 5.74) is 1.34. The van der Waals surface area contributed by atoms with Crippen molar-refractivity contribution in [3.05, 3.63) is 33.8 Å². The minimum atomic E-state index is 0.226. The molecule has 2 aromatic rings. The second-order valence-electron chi connectivity index (χ2n) is 3.79. The summed E-state index contributed by atoms with van der Waals surface area (Å²) in [5, 5.41) is 18.9. The summed E-state index contributed by atoms with van der Waals surface area (Å²) in [7, 11) is 0. The van der Waals surface area contributed by atoms with Crippen LogP contribution in [0.1, 0.15) is 36.2 Å². The Labute approximate surface area is 98.1 Å². The molecule has 0 spiro atoms. The number of rotatable bonds is 3. The number of hydrogen-bond acceptors (Lipinski definition) is 4. The first kappa shape index (κ1) is 10.8. The maximum Gasteiger partial charge on any atom is 0.186 e. The summed E-state index contributed by atoms with van der Waals surface area (Å²) in [6.45, 7) is 4.07. The van der Waals surface area contributed by atoms with Crippen LogP contribution in [0.4, 0.5) is 0 Å². The van der Waals surface area contributed by atoms with E-state index in [-0.39, 0.29) is 6.04 Å². The number of hydrogen-bond donors (Lipinski definition) is 0. The molecule has 5 heteroatoms. The van der Waals surface area contributed by atoms with Gasteiger partial charge in [-0.2, -0.15) is 5.26 Å². The highest BCUT2D eigenvalue weighted by atomic mass is 32.1. The standard InChI is InChI=1S/C11H12N4S/c1-8(2)15-11(10(7-12)13-14-15)6-9-4-3-5-16-9/h3-5,8H,6H2,1-2H3. The Bertz CT molecular complexity index is 505. The van der Waals surface area contributed by atoms with Crippen LogP contribution in [-0.2, 0) is 6.42 Å². The maximum atomic E-state index is 8.98. The van der Waals surface area contributed by atoms with E-state index in [0.717, 1.165) is 12.1 Å². The van der Waals surface area contributed by atoms with Crippen LogP contribution in [0.5, 0.6) is 0 Å². The molecule has 0 aliphatic carbocycles. The van der Waals surface area contributed by atoms with Gasteiger partial charge >= 0.3 is 0 Å². The van der Waals surface area contributed by atoms with Crippen molar-refractivity contribution < 1.29 is 0 Å². The molecule has 0 amide bonds. The minimum absolute atomic E-state index is 0.226. The van der Waals surface area contributed by atoms with Crippen LogP contribution >= 0.6 is 11.3 Å². The third-order valence-electron chi connectivity index (χ3n) is 2.31.